The van der Waals surface area contributed by atoms with E-state index in [4.69, 9.17) is 16.3 Å². The van der Waals surface area contributed by atoms with Gasteiger partial charge in [-0.2, -0.15) is 0 Å². The number of carbonyl (C=O) groups excluding carboxylic acids is 2. The molecule has 0 bridgehead atoms. The molecule has 1 atom stereocenters. The zero-order chi connectivity index (χ0) is 23.0. The van der Waals surface area contributed by atoms with Gasteiger partial charge in [-0.05, 0) is 18.2 Å². The van der Waals surface area contributed by atoms with Crippen molar-refractivity contribution in [2.75, 3.05) is 30.6 Å². The number of hydrogen-bond donors (Lipinski definition) is 3. The Hall–Kier alpha value is -3.14. The molecule has 170 valence electrons. The lowest BCUT2D eigenvalue weighted by Gasteiger charge is -2.39. The molecule has 0 saturated heterocycles. The second kappa shape index (κ2) is 8.42. The van der Waals surface area contributed by atoms with Crippen LogP contribution < -0.4 is 25.6 Å². The van der Waals surface area contributed by atoms with Crippen molar-refractivity contribution in [1.29, 1.82) is 0 Å². The lowest BCUT2D eigenvalue weighted by molar-refractivity contribution is -0.0136. The summed E-state index contributed by atoms with van der Waals surface area (Å²) in [6.07, 6.45) is -0.243. The molecule has 4 rings (SSSR count). The topological polar surface area (TPSA) is 82.7 Å². The minimum atomic E-state index is -1.94. The second-order valence-electron chi connectivity index (χ2n) is 7.71. The molecule has 0 saturated carbocycles. The van der Waals surface area contributed by atoms with Gasteiger partial charge < -0.3 is 20.7 Å². The largest absolute Gasteiger partial charge is 0.478 e. The summed E-state index contributed by atoms with van der Waals surface area (Å²) in [4.78, 5) is 26.0. The van der Waals surface area contributed by atoms with Gasteiger partial charge in [0, 0.05) is 36.8 Å². The molecule has 0 aliphatic carbocycles. The second-order valence-corrected chi connectivity index (χ2v) is 8.12. The molecule has 2 aromatic rings. The van der Waals surface area contributed by atoms with Crippen LogP contribution >= 0.6 is 11.6 Å². The fraction of sp³-hybridized carbons (Fsp3) is 0.333. The Kier molecular flexibility index (Phi) is 5.81. The highest BCUT2D eigenvalue weighted by Gasteiger charge is 2.44. The standard InChI is InChI=1S/C21H20ClF3N4O3/c1-29-16-4-2-3-14(12(16)8-26-20(29)31)27-19(30)28-15-7-21(9-23,10-24)32-18-11(15)5-6-13(22)17(18)25/h2-6,15H,7-10H2,1H3,(H,26,31)(H2,27,28,30)/t15-/m1/s1. The summed E-state index contributed by atoms with van der Waals surface area (Å²) < 4.78 is 47.2. The number of amides is 4. The Labute approximate surface area is 186 Å². The van der Waals surface area contributed by atoms with E-state index in [1.165, 1.54) is 17.0 Å². The van der Waals surface area contributed by atoms with Crippen LogP contribution in [0.4, 0.5) is 34.1 Å². The molecule has 2 heterocycles. The van der Waals surface area contributed by atoms with Crippen LogP contribution in [0.1, 0.15) is 23.6 Å². The first kappa shape index (κ1) is 22.1. The third kappa shape index (κ3) is 3.79. The molecule has 3 N–H and O–H groups in total. The number of anilines is 2. The van der Waals surface area contributed by atoms with Crippen molar-refractivity contribution in [1.82, 2.24) is 10.6 Å². The van der Waals surface area contributed by atoms with E-state index < -0.39 is 36.8 Å². The van der Waals surface area contributed by atoms with Gasteiger partial charge in [-0.3, -0.25) is 4.90 Å². The lowest BCUT2D eigenvalue weighted by atomic mass is 9.88. The van der Waals surface area contributed by atoms with Crippen molar-refractivity contribution in [3.8, 4) is 5.75 Å². The molecule has 0 unspecified atom stereocenters. The average Bonchev–Trinajstić information content (AvgIpc) is 2.79. The Bertz CT molecular complexity index is 1080. The number of hydrogen-bond acceptors (Lipinski definition) is 3. The third-order valence-electron chi connectivity index (χ3n) is 5.62. The quantitative estimate of drug-likeness (QED) is 0.619. The van der Waals surface area contributed by atoms with Gasteiger partial charge in [-0.25, -0.2) is 22.8 Å². The molecular formula is C21H20ClF3N4O3. The predicted octanol–water partition coefficient (Wildman–Crippen LogP) is 4.46. The fourth-order valence-electron chi connectivity index (χ4n) is 3.89. The number of halogens is 4. The van der Waals surface area contributed by atoms with Crippen molar-refractivity contribution in [2.24, 2.45) is 0 Å². The molecular weight excluding hydrogens is 449 g/mol. The van der Waals surface area contributed by atoms with Gasteiger partial charge in [-0.15, -0.1) is 0 Å². The molecule has 2 aliphatic rings. The van der Waals surface area contributed by atoms with Crippen LogP contribution in [0.15, 0.2) is 30.3 Å². The van der Waals surface area contributed by atoms with Gasteiger partial charge in [0.2, 0.25) is 0 Å². The van der Waals surface area contributed by atoms with Gasteiger partial charge in [-0.1, -0.05) is 23.7 Å². The Morgan fingerprint density at radius 1 is 1.31 bits per heavy atom. The molecule has 0 radical (unpaired) electrons. The molecule has 32 heavy (non-hydrogen) atoms. The van der Waals surface area contributed by atoms with E-state index in [0.29, 0.717) is 16.9 Å². The summed E-state index contributed by atoms with van der Waals surface area (Å²) in [5.41, 5.74) is 0.0609. The highest BCUT2D eigenvalue weighted by molar-refractivity contribution is 6.30. The highest BCUT2D eigenvalue weighted by Crippen LogP contribution is 2.43. The summed E-state index contributed by atoms with van der Waals surface area (Å²) in [5, 5.41) is 7.78. The SMILES string of the molecule is CN1C(=O)NCc2c(NC(=O)N[C@@H]3CC(CF)(CF)Oc4c3ccc(Cl)c4F)cccc21. The molecule has 7 nitrogen and oxygen atoms in total. The minimum Gasteiger partial charge on any atom is -0.478 e. The normalized spacial score (nSPS) is 18.7. The van der Waals surface area contributed by atoms with Crippen molar-refractivity contribution in [2.45, 2.75) is 24.6 Å². The van der Waals surface area contributed by atoms with E-state index in [0.717, 1.165) is 0 Å². The first-order chi connectivity index (χ1) is 15.3. The van der Waals surface area contributed by atoms with Gasteiger partial charge >= 0.3 is 12.1 Å². The highest BCUT2D eigenvalue weighted by atomic mass is 35.5. The summed E-state index contributed by atoms with van der Waals surface area (Å²) in [6, 6.07) is 5.95. The van der Waals surface area contributed by atoms with Crippen LogP contribution in [0.5, 0.6) is 5.75 Å². The predicted molar refractivity (Wildman–Crippen MR) is 113 cm³/mol. The first-order valence-electron chi connectivity index (χ1n) is 9.78. The van der Waals surface area contributed by atoms with E-state index in [9.17, 15) is 22.8 Å². The zero-order valence-corrected chi connectivity index (χ0v) is 17.7. The average molecular weight is 469 g/mol. The van der Waals surface area contributed by atoms with Gasteiger partial charge in [0.15, 0.2) is 17.2 Å². The number of carbonyl (C=O) groups is 2. The van der Waals surface area contributed by atoms with Gasteiger partial charge in [0.1, 0.15) is 13.3 Å². The molecule has 4 amide bonds. The van der Waals surface area contributed by atoms with Crippen molar-refractivity contribution in [3.05, 3.63) is 52.3 Å². The number of ether oxygens (including phenoxy) is 1. The third-order valence-corrected chi connectivity index (χ3v) is 5.92. The van der Waals surface area contributed by atoms with Crippen LogP contribution in [-0.4, -0.2) is 38.1 Å². The number of alkyl halides is 2. The van der Waals surface area contributed by atoms with E-state index in [-0.39, 0.29) is 35.3 Å². The first-order valence-corrected chi connectivity index (χ1v) is 10.2. The number of rotatable bonds is 4. The number of urea groups is 2. The number of benzene rings is 2. The van der Waals surface area contributed by atoms with Crippen molar-refractivity contribution in [3.63, 3.8) is 0 Å². The van der Waals surface area contributed by atoms with E-state index in [1.807, 2.05) is 0 Å². The molecule has 0 aromatic heterocycles. The smallest absolute Gasteiger partial charge is 0.321 e. The Morgan fingerprint density at radius 3 is 2.78 bits per heavy atom. The van der Waals surface area contributed by atoms with E-state index in [2.05, 4.69) is 16.0 Å². The molecule has 2 aromatic carbocycles. The monoisotopic (exact) mass is 468 g/mol. The van der Waals surface area contributed by atoms with Crippen LogP contribution in [0, 0.1) is 5.82 Å². The van der Waals surface area contributed by atoms with E-state index >= 15 is 0 Å². The van der Waals surface area contributed by atoms with Crippen molar-refractivity contribution >= 4 is 35.0 Å². The fourth-order valence-corrected chi connectivity index (χ4v) is 4.04. The summed E-state index contributed by atoms with van der Waals surface area (Å²) in [6.45, 7) is -2.22. The minimum absolute atomic E-state index is 0.214. The van der Waals surface area contributed by atoms with Gasteiger partial charge in [0.05, 0.1) is 16.8 Å². The van der Waals surface area contributed by atoms with Crippen LogP contribution in [0.2, 0.25) is 5.02 Å². The number of nitrogens with zero attached hydrogens (tertiary/aromatic N) is 1. The van der Waals surface area contributed by atoms with Crippen LogP contribution in [-0.2, 0) is 6.54 Å². The zero-order valence-electron chi connectivity index (χ0n) is 17.0. The van der Waals surface area contributed by atoms with Crippen molar-refractivity contribution < 1.29 is 27.5 Å². The molecule has 0 spiro atoms. The maximum absolute atomic E-state index is 14.5. The summed E-state index contributed by atoms with van der Waals surface area (Å²) >= 11 is 5.80. The maximum atomic E-state index is 14.5. The Balaban J connectivity index is 1.60. The molecule has 0 fully saturated rings. The van der Waals surface area contributed by atoms with E-state index in [1.54, 1.807) is 25.2 Å². The van der Waals surface area contributed by atoms with Gasteiger partial charge in [0.25, 0.3) is 0 Å². The molecule has 2 aliphatic heterocycles. The van der Waals surface area contributed by atoms with Crippen LogP contribution in [0.3, 0.4) is 0 Å². The Morgan fingerprint density at radius 2 is 2.06 bits per heavy atom. The lowest BCUT2D eigenvalue weighted by Crippen LogP contribution is -2.49. The number of fused-ring (bicyclic) bond motifs is 2. The molecule has 11 heteroatoms. The summed E-state index contributed by atoms with van der Waals surface area (Å²) in [7, 11) is 1.60. The van der Waals surface area contributed by atoms with Crippen LogP contribution in [0.25, 0.3) is 0 Å². The maximum Gasteiger partial charge on any atom is 0.321 e. The number of nitrogens with one attached hydrogen (secondary N) is 3. The summed E-state index contributed by atoms with van der Waals surface area (Å²) in [5.74, 6) is -1.33.